The first kappa shape index (κ1) is 15.5. The van der Waals surface area contributed by atoms with Gasteiger partial charge in [-0.15, -0.1) is 11.8 Å². The summed E-state index contributed by atoms with van der Waals surface area (Å²) in [4.78, 5) is 14.4. The Kier molecular flexibility index (Phi) is 4.19. The molecule has 1 aromatic heterocycles. The van der Waals surface area contributed by atoms with Gasteiger partial charge in [-0.05, 0) is 56.4 Å². The largest absolute Gasteiger partial charge is 0.283 e. The van der Waals surface area contributed by atoms with Crippen LogP contribution in [0.4, 0.5) is 0 Å². The summed E-state index contributed by atoms with van der Waals surface area (Å²) in [6.07, 6.45) is 4.51. The van der Waals surface area contributed by atoms with E-state index < -0.39 is 0 Å². The van der Waals surface area contributed by atoms with Crippen molar-refractivity contribution >= 4 is 28.6 Å². The molecule has 0 fully saturated rings. The monoisotopic (exact) mass is 335 g/mol. The molecule has 4 rings (SSSR count). The van der Waals surface area contributed by atoms with Gasteiger partial charge < -0.3 is 0 Å². The van der Waals surface area contributed by atoms with Crippen molar-refractivity contribution in [3.05, 3.63) is 65.9 Å². The zero-order chi connectivity index (χ0) is 16.5. The third-order valence-corrected chi connectivity index (χ3v) is 5.90. The summed E-state index contributed by atoms with van der Waals surface area (Å²) in [6, 6.07) is 18.5. The van der Waals surface area contributed by atoms with E-state index in [0.29, 0.717) is 0 Å². The first-order valence-corrected chi connectivity index (χ1v) is 9.51. The van der Waals surface area contributed by atoms with E-state index in [1.807, 2.05) is 35.8 Å². The number of carbonyl (C=O) groups is 1. The van der Waals surface area contributed by atoms with Gasteiger partial charge in [0.1, 0.15) is 0 Å². The van der Waals surface area contributed by atoms with Gasteiger partial charge in [-0.2, -0.15) is 0 Å². The second kappa shape index (κ2) is 6.48. The van der Waals surface area contributed by atoms with Crippen molar-refractivity contribution in [3.8, 4) is 0 Å². The van der Waals surface area contributed by atoms with Gasteiger partial charge in [0.05, 0.1) is 10.8 Å². The number of aromatic nitrogens is 1. The number of nitrogens with zero attached hydrogens (tertiary/aromatic N) is 1. The van der Waals surface area contributed by atoms with Crippen LogP contribution in [-0.4, -0.2) is 15.7 Å². The van der Waals surface area contributed by atoms with Crippen LogP contribution in [0.15, 0.2) is 59.5 Å². The fraction of sp³-hybridized carbons (Fsp3) is 0.286. The van der Waals surface area contributed by atoms with Crippen LogP contribution >= 0.6 is 11.8 Å². The highest BCUT2D eigenvalue weighted by atomic mass is 32.2. The average Bonchev–Trinajstić information content (AvgIpc) is 2.96. The molecule has 2 nitrogen and oxygen atoms in total. The van der Waals surface area contributed by atoms with Crippen LogP contribution in [0, 0.1) is 0 Å². The molecule has 0 radical (unpaired) electrons. The number of carbonyl (C=O) groups excluding carboxylic acids is 1. The Hall–Kier alpha value is -2.00. The highest BCUT2D eigenvalue weighted by molar-refractivity contribution is 8.00. The molecule has 1 atom stereocenters. The summed E-state index contributed by atoms with van der Waals surface area (Å²) in [7, 11) is 0. The van der Waals surface area contributed by atoms with Crippen molar-refractivity contribution in [2.75, 3.05) is 0 Å². The quantitative estimate of drug-likeness (QED) is 0.603. The molecule has 0 spiro atoms. The molecule has 0 saturated heterocycles. The van der Waals surface area contributed by atoms with Gasteiger partial charge in [0.2, 0.25) is 5.91 Å². The van der Waals surface area contributed by atoms with E-state index in [4.69, 9.17) is 0 Å². The number of hydrogen-bond acceptors (Lipinski definition) is 2. The fourth-order valence-corrected chi connectivity index (χ4v) is 4.61. The number of benzene rings is 2. The number of thioether (sulfide) groups is 1. The van der Waals surface area contributed by atoms with Crippen molar-refractivity contribution in [3.63, 3.8) is 0 Å². The van der Waals surface area contributed by atoms with Crippen molar-refractivity contribution < 1.29 is 4.79 Å². The molecular weight excluding hydrogens is 314 g/mol. The summed E-state index contributed by atoms with van der Waals surface area (Å²) in [5, 5.41) is 1.16. The van der Waals surface area contributed by atoms with Gasteiger partial charge in [-0.3, -0.25) is 9.36 Å². The van der Waals surface area contributed by atoms with Crippen LogP contribution in [0.5, 0.6) is 0 Å². The maximum Gasteiger partial charge on any atom is 0.244 e. The first-order chi connectivity index (χ1) is 11.8. The minimum atomic E-state index is -0.103. The summed E-state index contributed by atoms with van der Waals surface area (Å²) in [6.45, 7) is 2.02. The first-order valence-electron chi connectivity index (χ1n) is 8.63. The summed E-state index contributed by atoms with van der Waals surface area (Å²) in [5.74, 6) is 0.197. The van der Waals surface area contributed by atoms with Gasteiger partial charge in [0, 0.05) is 16.0 Å². The van der Waals surface area contributed by atoms with Crippen molar-refractivity contribution in [2.45, 2.75) is 42.8 Å². The molecule has 0 saturated carbocycles. The number of rotatable bonds is 3. The summed E-state index contributed by atoms with van der Waals surface area (Å²) >= 11 is 1.64. The number of fused-ring (bicyclic) bond motifs is 3. The predicted molar refractivity (Wildman–Crippen MR) is 101 cm³/mol. The van der Waals surface area contributed by atoms with Crippen LogP contribution in [0.2, 0.25) is 0 Å². The van der Waals surface area contributed by atoms with Gasteiger partial charge >= 0.3 is 0 Å². The van der Waals surface area contributed by atoms with Crippen LogP contribution in [-0.2, 0) is 12.8 Å². The maximum atomic E-state index is 13.2. The molecule has 3 heteroatoms. The van der Waals surface area contributed by atoms with E-state index in [1.165, 1.54) is 29.5 Å². The SMILES string of the molecule is CC(Sc1ccccc1)C(=O)n1c2c(c3ccccc31)CCCC2. The Labute approximate surface area is 146 Å². The number of aryl methyl sites for hydroxylation is 1. The second-order valence-electron chi connectivity index (χ2n) is 6.40. The van der Waals surface area contributed by atoms with Crippen molar-refractivity contribution in [1.82, 2.24) is 4.57 Å². The molecule has 0 amide bonds. The summed E-state index contributed by atoms with van der Waals surface area (Å²) < 4.78 is 2.00. The Bertz CT molecular complexity index is 881. The minimum absolute atomic E-state index is 0.103. The number of hydrogen-bond donors (Lipinski definition) is 0. The Balaban J connectivity index is 1.74. The van der Waals surface area contributed by atoms with E-state index in [2.05, 4.69) is 30.3 Å². The summed E-state index contributed by atoms with van der Waals surface area (Å²) in [5.41, 5.74) is 3.71. The molecule has 0 N–H and O–H groups in total. The molecule has 2 aromatic carbocycles. The average molecular weight is 335 g/mol. The van der Waals surface area contributed by atoms with Crippen molar-refractivity contribution in [1.29, 1.82) is 0 Å². The number of para-hydroxylation sites is 1. The van der Waals surface area contributed by atoms with Crippen LogP contribution < -0.4 is 0 Å². The van der Waals surface area contributed by atoms with Gasteiger partial charge in [-0.1, -0.05) is 36.4 Å². The minimum Gasteiger partial charge on any atom is -0.283 e. The van der Waals surface area contributed by atoms with Crippen molar-refractivity contribution in [2.24, 2.45) is 0 Å². The lowest BCUT2D eigenvalue weighted by Gasteiger charge is -2.18. The third kappa shape index (κ3) is 2.67. The topological polar surface area (TPSA) is 22.0 Å². The van der Waals surface area contributed by atoms with Crippen LogP contribution in [0.25, 0.3) is 10.9 Å². The van der Waals surface area contributed by atoms with E-state index in [1.54, 1.807) is 11.8 Å². The lowest BCUT2D eigenvalue weighted by Crippen LogP contribution is -2.24. The zero-order valence-corrected chi connectivity index (χ0v) is 14.7. The molecule has 1 heterocycles. The Morgan fingerprint density at radius 2 is 1.71 bits per heavy atom. The highest BCUT2D eigenvalue weighted by Crippen LogP contribution is 2.34. The van der Waals surface area contributed by atoms with E-state index in [9.17, 15) is 4.79 Å². The second-order valence-corrected chi connectivity index (χ2v) is 7.81. The molecule has 122 valence electrons. The van der Waals surface area contributed by atoms with E-state index in [0.717, 1.165) is 23.3 Å². The Morgan fingerprint density at radius 3 is 2.54 bits per heavy atom. The molecule has 1 aliphatic rings. The third-order valence-electron chi connectivity index (χ3n) is 4.80. The highest BCUT2D eigenvalue weighted by Gasteiger charge is 2.26. The predicted octanol–water partition coefficient (Wildman–Crippen LogP) is 5.34. The molecular formula is C21H21NOS. The lowest BCUT2D eigenvalue weighted by molar-refractivity contribution is 0.0917. The smallest absolute Gasteiger partial charge is 0.244 e. The molecule has 24 heavy (non-hydrogen) atoms. The molecule has 0 bridgehead atoms. The van der Waals surface area contributed by atoms with E-state index in [-0.39, 0.29) is 11.2 Å². The van der Waals surface area contributed by atoms with Crippen LogP contribution in [0.3, 0.4) is 0 Å². The van der Waals surface area contributed by atoms with Gasteiger partial charge in [0.15, 0.2) is 0 Å². The Morgan fingerprint density at radius 1 is 1.00 bits per heavy atom. The fourth-order valence-electron chi connectivity index (χ4n) is 3.68. The van der Waals surface area contributed by atoms with E-state index >= 15 is 0 Å². The lowest BCUT2D eigenvalue weighted by atomic mass is 9.95. The van der Waals surface area contributed by atoms with Gasteiger partial charge in [0.25, 0.3) is 0 Å². The maximum absolute atomic E-state index is 13.2. The van der Waals surface area contributed by atoms with Gasteiger partial charge in [-0.25, -0.2) is 0 Å². The molecule has 1 aliphatic carbocycles. The standard InChI is InChI=1S/C21H21NOS/c1-15(24-16-9-3-2-4-10-16)21(23)22-19-13-7-5-11-17(19)18-12-6-8-14-20(18)22/h2-5,7,9-11,13,15H,6,8,12,14H2,1H3. The zero-order valence-electron chi connectivity index (χ0n) is 13.9. The molecule has 0 aliphatic heterocycles. The molecule has 3 aromatic rings. The normalized spacial score (nSPS) is 15.2. The van der Waals surface area contributed by atoms with Crippen LogP contribution in [0.1, 0.15) is 35.8 Å². The molecule has 1 unspecified atom stereocenters.